The highest BCUT2D eigenvalue weighted by atomic mass is 32.2. The molecule has 0 aliphatic carbocycles. The minimum atomic E-state index is -6.69. The second-order valence-corrected chi connectivity index (χ2v) is 5.16. The van der Waals surface area contributed by atoms with Gasteiger partial charge in [0, 0.05) is 0 Å². The van der Waals surface area contributed by atoms with Gasteiger partial charge >= 0.3 is 17.4 Å². The molecule has 0 saturated heterocycles. The predicted octanol–water partition coefficient (Wildman–Crippen LogP) is 1.11. The van der Waals surface area contributed by atoms with Crippen molar-refractivity contribution in [2.24, 2.45) is 0 Å². The number of esters is 1. The van der Waals surface area contributed by atoms with Gasteiger partial charge in [0.25, 0.3) is 6.10 Å². The molecule has 0 spiro atoms. The van der Waals surface area contributed by atoms with Crippen molar-refractivity contribution in [2.45, 2.75) is 17.5 Å². The molecular weight excluding hydrogens is 359 g/mol. The lowest BCUT2D eigenvalue weighted by Crippen LogP contribution is -2.52. The number of carbonyl (C=O) groups is 1. The van der Waals surface area contributed by atoms with E-state index < -0.39 is 39.2 Å². The SMILES string of the molecule is O=C(OC(C(F)(F)F)C(F)(F)S(=O)(=O)[O-])c1ccccc1.[SH3+]. The molecule has 1 rings (SSSR count). The first-order chi connectivity index (χ1) is 9.37. The molecule has 126 valence electrons. The minimum absolute atomic E-state index is 0. The number of hydrogen-bond acceptors (Lipinski definition) is 5. The number of halogens is 5. The molecule has 0 fully saturated rings. The fraction of sp³-hybridized carbons (Fsp3) is 0.300. The molecule has 0 aliphatic rings. The Labute approximate surface area is 128 Å². The maximum absolute atomic E-state index is 13.1. The zero-order valence-corrected chi connectivity index (χ0v) is 12.4. The van der Waals surface area contributed by atoms with Crippen LogP contribution in [0.5, 0.6) is 0 Å². The fourth-order valence-corrected chi connectivity index (χ4v) is 1.65. The Hall–Kier alpha value is -1.40. The van der Waals surface area contributed by atoms with E-state index in [9.17, 15) is 39.7 Å². The zero-order valence-electron chi connectivity index (χ0n) is 10.4. The second-order valence-electron chi connectivity index (χ2n) is 3.71. The van der Waals surface area contributed by atoms with Gasteiger partial charge in [0.1, 0.15) is 0 Å². The molecule has 1 atom stereocenters. The summed E-state index contributed by atoms with van der Waals surface area (Å²) in [6.07, 6.45) is -10.4. The third kappa shape index (κ3) is 4.55. The van der Waals surface area contributed by atoms with Crippen LogP contribution in [0.25, 0.3) is 0 Å². The molecule has 1 aromatic carbocycles. The molecule has 22 heavy (non-hydrogen) atoms. The van der Waals surface area contributed by atoms with Crippen LogP contribution in [0.1, 0.15) is 10.4 Å². The highest BCUT2D eigenvalue weighted by Gasteiger charge is 2.62. The van der Waals surface area contributed by atoms with E-state index >= 15 is 0 Å². The van der Waals surface area contributed by atoms with Gasteiger partial charge in [-0.1, -0.05) is 31.7 Å². The van der Waals surface area contributed by atoms with Crippen LogP contribution in [-0.2, 0) is 28.4 Å². The summed E-state index contributed by atoms with van der Waals surface area (Å²) >= 11 is 0. The summed E-state index contributed by atoms with van der Waals surface area (Å²) < 4.78 is 97.8. The van der Waals surface area contributed by atoms with Gasteiger partial charge in [-0.15, -0.1) is 0 Å². The van der Waals surface area contributed by atoms with Gasteiger partial charge < -0.3 is 9.29 Å². The van der Waals surface area contributed by atoms with Crippen molar-refractivity contribution in [1.82, 2.24) is 0 Å². The number of rotatable bonds is 4. The topological polar surface area (TPSA) is 83.5 Å². The lowest BCUT2D eigenvalue weighted by molar-refractivity contribution is -0.248. The normalized spacial score (nSPS) is 13.9. The lowest BCUT2D eigenvalue weighted by atomic mass is 10.2. The van der Waals surface area contributed by atoms with E-state index in [1.54, 1.807) is 0 Å². The molecule has 5 nitrogen and oxygen atoms in total. The van der Waals surface area contributed by atoms with Crippen molar-refractivity contribution in [3.63, 3.8) is 0 Å². The summed E-state index contributed by atoms with van der Waals surface area (Å²) in [4.78, 5) is 11.3. The van der Waals surface area contributed by atoms with Gasteiger partial charge in [0.05, 0.1) is 5.56 Å². The number of alkyl halides is 5. The van der Waals surface area contributed by atoms with Crippen LogP contribution in [0, 0.1) is 0 Å². The van der Waals surface area contributed by atoms with E-state index in [0.29, 0.717) is 0 Å². The predicted molar refractivity (Wildman–Crippen MR) is 67.9 cm³/mol. The average Bonchev–Trinajstić information content (AvgIpc) is 2.33. The molecule has 0 aliphatic heterocycles. The highest BCUT2D eigenvalue weighted by molar-refractivity contribution is 7.86. The summed E-state index contributed by atoms with van der Waals surface area (Å²) in [5, 5.41) is -5.85. The molecule has 0 amide bonds. The molecule has 1 unspecified atom stereocenters. The van der Waals surface area contributed by atoms with Crippen molar-refractivity contribution in [1.29, 1.82) is 0 Å². The van der Waals surface area contributed by atoms with Crippen LogP contribution >= 0.6 is 0 Å². The van der Waals surface area contributed by atoms with Crippen molar-refractivity contribution in [2.75, 3.05) is 0 Å². The second kappa shape index (κ2) is 6.79. The number of hydrogen-bond donors (Lipinski definition) is 0. The van der Waals surface area contributed by atoms with Gasteiger partial charge in [0.15, 0.2) is 10.1 Å². The van der Waals surface area contributed by atoms with Gasteiger partial charge in [0.2, 0.25) is 0 Å². The van der Waals surface area contributed by atoms with Gasteiger partial charge in [-0.25, -0.2) is 13.2 Å². The zero-order chi connectivity index (χ0) is 16.5. The largest absolute Gasteiger partial charge is 0.743 e. The Morgan fingerprint density at radius 3 is 1.91 bits per heavy atom. The fourth-order valence-electron chi connectivity index (χ4n) is 1.21. The first-order valence-corrected chi connectivity index (χ1v) is 6.44. The van der Waals surface area contributed by atoms with E-state index in [1.807, 2.05) is 0 Å². The summed E-state index contributed by atoms with van der Waals surface area (Å²) in [5.41, 5.74) is -0.522. The van der Waals surface area contributed by atoms with Crippen molar-refractivity contribution in [3.05, 3.63) is 35.9 Å². The Bertz CT molecular complexity index is 614. The average molecular weight is 368 g/mol. The Morgan fingerprint density at radius 2 is 1.55 bits per heavy atom. The molecule has 12 heteroatoms. The summed E-state index contributed by atoms with van der Waals surface area (Å²) in [6, 6.07) is 5.72. The van der Waals surface area contributed by atoms with E-state index in [1.165, 1.54) is 18.2 Å². The van der Waals surface area contributed by atoms with Crippen molar-refractivity contribution in [3.8, 4) is 0 Å². The van der Waals surface area contributed by atoms with E-state index in [2.05, 4.69) is 4.74 Å². The van der Waals surface area contributed by atoms with Crippen LogP contribution in [0.15, 0.2) is 30.3 Å². The Balaban J connectivity index is 0.00000441. The number of benzene rings is 1. The maximum atomic E-state index is 13.1. The van der Waals surface area contributed by atoms with Crippen molar-refractivity contribution >= 4 is 29.6 Å². The molecule has 0 N–H and O–H groups in total. The molecular formula is C10H9F5O5S2. The number of ether oxygens (including phenoxy) is 1. The Kier molecular flexibility index (Phi) is 6.36. The third-order valence-electron chi connectivity index (χ3n) is 2.17. The molecule has 0 saturated carbocycles. The van der Waals surface area contributed by atoms with Crippen LogP contribution in [-0.4, -0.2) is 36.5 Å². The smallest absolute Gasteiger partial charge is 0.432 e. The van der Waals surface area contributed by atoms with Gasteiger partial charge in [-0.05, 0) is 12.1 Å². The Morgan fingerprint density at radius 1 is 1.09 bits per heavy atom. The third-order valence-corrected chi connectivity index (χ3v) is 3.05. The van der Waals surface area contributed by atoms with Crippen LogP contribution in [0.3, 0.4) is 0 Å². The lowest BCUT2D eigenvalue weighted by Gasteiger charge is -2.29. The molecule has 1 aromatic rings. The van der Waals surface area contributed by atoms with Crippen LogP contribution < -0.4 is 0 Å². The summed E-state index contributed by atoms with van der Waals surface area (Å²) in [6.45, 7) is 0. The monoisotopic (exact) mass is 368 g/mol. The van der Waals surface area contributed by atoms with E-state index in [0.717, 1.165) is 12.1 Å². The molecule has 0 aromatic heterocycles. The number of carbonyl (C=O) groups excluding carboxylic acids is 1. The van der Waals surface area contributed by atoms with Crippen molar-refractivity contribution < 1.29 is 44.5 Å². The van der Waals surface area contributed by atoms with E-state index in [-0.39, 0.29) is 13.5 Å². The van der Waals surface area contributed by atoms with Gasteiger partial charge in [-0.3, -0.25) is 0 Å². The molecule has 0 heterocycles. The highest BCUT2D eigenvalue weighted by Crippen LogP contribution is 2.38. The van der Waals surface area contributed by atoms with E-state index in [4.69, 9.17) is 0 Å². The first-order valence-electron chi connectivity index (χ1n) is 5.03. The first kappa shape index (κ1) is 20.6. The van der Waals surface area contributed by atoms with Crippen LogP contribution in [0.2, 0.25) is 0 Å². The minimum Gasteiger partial charge on any atom is -0.743 e. The standard InChI is InChI=1S/C10H7F5O5S.H2S/c11-9(12,13)8(10(14,15)21(17,18)19)20-7(16)6-4-2-1-3-5-6;/h1-5,8H,(H,17,18,19);1H2. The summed E-state index contributed by atoms with van der Waals surface area (Å²) in [7, 11) is -6.69. The molecule has 0 radical (unpaired) electrons. The maximum Gasteiger partial charge on any atom is 0.432 e. The molecule has 0 bridgehead atoms. The summed E-state index contributed by atoms with van der Waals surface area (Å²) in [5.74, 6) is -1.85. The van der Waals surface area contributed by atoms with Crippen LogP contribution in [0.4, 0.5) is 22.0 Å². The quantitative estimate of drug-likeness (QED) is 0.344. The van der Waals surface area contributed by atoms with Gasteiger partial charge in [-0.2, -0.15) is 22.0 Å².